The fraction of sp³-hybridized carbons (Fsp3) is 0.133. The Morgan fingerprint density at radius 2 is 1.74 bits per heavy atom. The first-order valence-electron chi connectivity index (χ1n) is 5.89. The molecule has 1 aliphatic rings. The highest BCUT2D eigenvalue weighted by molar-refractivity contribution is 6.34. The molecule has 0 saturated carbocycles. The van der Waals surface area contributed by atoms with Crippen molar-refractivity contribution in [3.8, 4) is 0 Å². The van der Waals surface area contributed by atoms with Crippen molar-refractivity contribution in [2.75, 3.05) is 0 Å². The highest BCUT2D eigenvalue weighted by atomic mass is 35.5. The quantitative estimate of drug-likeness (QED) is 0.726. The van der Waals surface area contributed by atoms with E-state index in [1.54, 1.807) is 12.1 Å². The molecule has 0 spiro atoms. The summed E-state index contributed by atoms with van der Waals surface area (Å²) in [6, 6.07) is 12.8. The summed E-state index contributed by atoms with van der Waals surface area (Å²) in [5.41, 5.74) is 2.18. The number of cyclic esters (lactones) is 1. The Labute approximate surface area is 120 Å². The molecule has 96 valence electrons. The normalized spacial score (nSPS) is 17.8. The summed E-state index contributed by atoms with van der Waals surface area (Å²) < 4.78 is 5.45. The summed E-state index contributed by atoms with van der Waals surface area (Å²) in [6.07, 6.45) is 0.234. The average Bonchev–Trinajstić information content (AvgIpc) is 2.39. The van der Waals surface area contributed by atoms with E-state index in [1.807, 2.05) is 30.3 Å². The minimum absolute atomic E-state index is 0.354. The first kappa shape index (κ1) is 12.5. The molecule has 0 N–H and O–H groups in total. The van der Waals surface area contributed by atoms with Crippen molar-refractivity contribution in [1.82, 2.24) is 0 Å². The molecule has 4 heteroatoms. The summed E-state index contributed by atoms with van der Waals surface area (Å²) >= 11 is 12.2. The number of fused-ring (bicyclic) bond motifs is 1. The van der Waals surface area contributed by atoms with Gasteiger partial charge in [-0.2, -0.15) is 0 Å². The lowest BCUT2D eigenvalue weighted by Crippen LogP contribution is -2.22. The molecule has 3 rings (SSSR count). The lowest BCUT2D eigenvalue weighted by atomic mass is 9.94. The van der Waals surface area contributed by atoms with Gasteiger partial charge in [-0.3, -0.25) is 0 Å². The van der Waals surface area contributed by atoms with Gasteiger partial charge in [0.2, 0.25) is 0 Å². The van der Waals surface area contributed by atoms with Gasteiger partial charge in [0.1, 0.15) is 6.10 Å². The maximum atomic E-state index is 12.1. The van der Waals surface area contributed by atoms with Gasteiger partial charge in [0.05, 0.1) is 10.6 Å². The first-order chi connectivity index (χ1) is 9.16. The molecule has 1 unspecified atom stereocenters. The first-order valence-corrected chi connectivity index (χ1v) is 6.65. The molecule has 1 atom stereocenters. The molecule has 0 saturated heterocycles. The van der Waals surface area contributed by atoms with Gasteiger partial charge in [-0.05, 0) is 17.7 Å². The van der Waals surface area contributed by atoms with E-state index in [4.69, 9.17) is 27.9 Å². The number of benzene rings is 2. The third-order valence-corrected chi connectivity index (χ3v) is 3.87. The van der Waals surface area contributed by atoms with Crippen molar-refractivity contribution in [2.45, 2.75) is 12.5 Å². The Balaban J connectivity index is 2.03. The van der Waals surface area contributed by atoms with Crippen LogP contribution in [0, 0.1) is 0 Å². The summed E-state index contributed by atoms with van der Waals surface area (Å²) in [5, 5.41) is 1.03. The summed E-state index contributed by atoms with van der Waals surface area (Å²) in [4.78, 5) is 12.1. The van der Waals surface area contributed by atoms with E-state index in [2.05, 4.69) is 0 Å². The topological polar surface area (TPSA) is 26.3 Å². The third-order valence-electron chi connectivity index (χ3n) is 3.21. The van der Waals surface area contributed by atoms with E-state index in [0.717, 1.165) is 11.1 Å². The Hall–Kier alpha value is -1.51. The molecule has 0 fully saturated rings. The molecule has 2 nitrogen and oxygen atoms in total. The zero-order valence-electron chi connectivity index (χ0n) is 9.90. The van der Waals surface area contributed by atoms with Crippen molar-refractivity contribution in [1.29, 1.82) is 0 Å². The summed E-state index contributed by atoms with van der Waals surface area (Å²) in [5.74, 6) is -0.392. The van der Waals surface area contributed by atoms with Gasteiger partial charge in [0.15, 0.2) is 0 Å². The van der Waals surface area contributed by atoms with Crippen molar-refractivity contribution in [2.24, 2.45) is 0 Å². The van der Waals surface area contributed by atoms with Crippen LogP contribution < -0.4 is 0 Å². The van der Waals surface area contributed by atoms with E-state index in [0.29, 0.717) is 22.0 Å². The highest BCUT2D eigenvalue weighted by Gasteiger charge is 2.30. The minimum Gasteiger partial charge on any atom is -0.453 e. The number of carbonyl (C=O) groups excluding carboxylic acids is 1. The fourth-order valence-corrected chi connectivity index (χ4v) is 2.84. The number of halogens is 2. The van der Waals surface area contributed by atoms with Crippen LogP contribution >= 0.6 is 23.2 Å². The van der Waals surface area contributed by atoms with Crippen LogP contribution in [0.5, 0.6) is 0 Å². The molecular weight excluding hydrogens is 283 g/mol. The molecule has 19 heavy (non-hydrogen) atoms. The molecule has 0 aromatic heterocycles. The molecule has 1 heterocycles. The monoisotopic (exact) mass is 292 g/mol. The summed E-state index contributed by atoms with van der Waals surface area (Å²) in [6.45, 7) is 0. The van der Waals surface area contributed by atoms with Crippen molar-refractivity contribution in [3.63, 3.8) is 0 Å². The predicted molar refractivity (Wildman–Crippen MR) is 74.8 cm³/mol. The Bertz CT molecular complexity index is 652. The van der Waals surface area contributed by atoms with Crippen LogP contribution in [0.3, 0.4) is 0 Å². The van der Waals surface area contributed by atoms with Crippen LogP contribution in [-0.4, -0.2) is 5.97 Å². The van der Waals surface area contributed by atoms with E-state index in [-0.39, 0.29) is 6.10 Å². The number of esters is 1. The lowest BCUT2D eigenvalue weighted by molar-refractivity contribution is 0.0253. The Morgan fingerprint density at radius 1 is 1.00 bits per heavy atom. The van der Waals surface area contributed by atoms with Gasteiger partial charge in [-0.25, -0.2) is 4.79 Å². The van der Waals surface area contributed by atoms with Crippen LogP contribution in [0.2, 0.25) is 10.0 Å². The second-order valence-electron chi connectivity index (χ2n) is 4.39. The number of hydrogen-bond donors (Lipinski definition) is 0. The van der Waals surface area contributed by atoms with Crippen molar-refractivity contribution in [3.05, 3.63) is 69.2 Å². The van der Waals surface area contributed by atoms with Crippen LogP contribution in [-0.2, 0) is 11.2 Å². The summed E-state index contributed by atoms with van der Waals surface area (Å²) in [7, 11) is 0. The highest BCUT2D eigenvalue weighted by Crippen LogP contribution is 2.36. The predicted octanol–water partition coefficient (Wildman–Crippen LogP) is 4.45. The van der Waals surface area contributed by atoms with Gasteiger partial charge in [0.25, 0.3) is 0 Å². The maximum absolute atomic E-state index is 12.1. The Kier molecular flexibility index (Phi) is 3.21. The second-order valence-corrected chi connectivity index (χ2v) is 5.21. The molecule has 0 amide bonds. The third kappa shape index (κ3) is 2.22. The second kappa shape index (κ2) is 4.87. The molecule has 2 aromatic rings. The zero-order chi connectivity index (χ0) is 13.4. The molecule has 1 aliphatic heterocycles. The van der Waals surface area contributed by atoms with Crippen LogP contribution in [0.25, 0.3) is 0 Å². The van der Waals surface area contributed by atoms with E-state index in [1.165, 1.54) is 0 Å². The van der Waals surface area contributed by atoms with Gasteiger partial charge in [-0.15, -0.1) is 0 Å². The van der Waals surface area contributed by atoms with Crippen molar-refractivity contribution >= 4 is 29.2 Å². The lowest BCUT2D eigenvalue weighted by Gasteiger charge is -2.26. The Morgan fingerprint density at radius 3 is 2.53 bits per heavy atom. The van der Waals surface area contributed by atoms with Crippen LogP contribution in [0.1, 0.15) is 27.6 Å². The average molecular weight is 293 g/mol. The van der Waals surface area contributed by atoms with Crippen LogP contribution in [0.15, 0.2) is 42.5 Å². The number of ether oxygens (including phenoxy) is 1. The molecule has 0 aliphatic carbocycles. The number of carbonyl (C=O) groups is 1. The van der Waals surface area contributed by atoms with E-state index in [9.17, 15) is 4.79 Å². The fourth-order valence-electron chi connectivity index (χ4n) is 2.31. The largest absolute Gasteiger partial charge is 0.453 e. The SMILES string of the molecule is O=C1OC(c2ccccc2Cl)Cc2cccc(Cl)c21. The molecule has 0 bridgehead atoms. The van der Waals surface area contributed by atoms with Crippen molar-refractivity contribution < 1.29 is 9.53 Å². The number of hydrogen-bond acceptors (Lipinski definition) is 2. The van der Waals surface area contributed by atoms with Gasteiger partial charge in [-0.1, -0.05) is 53.5 Å². The standard InChI is InChI=1S/C15H10Cl2O2/c16-11-6-2-1-5-10(11)13-8-9-4-3-7-12(17)14(9)15(18)19-13/h1-7,13H,8H2. The van der Waals surface area contributed by atoms with Crippen LogP contribution in [0.4, 0.5) is 0 Å². The minimum atomic E-state index is -0.392. The van der Waals surface area contributed by atoms with Gasteiger partial charge < -0.3 is 4.74 Å². The smallest absolute Gasteiger partial charge is 0.340 e. The molecule has 2 aromatic carbocycles. The molecular formula is C15H10Cl2O2. The zero-order valence-corrected chi connectivity index (χ0v) is 11.4. The van der Waals surface area contributed by atoms with E-state index >= 15 is 0 Å². The maximum Gasteiger partial charge on any atom is 0.340 e. The van der Waals surface area contributed by atoms with E-state index < -0.39 is 5.97 Å². The van der Waals surface area contributed by atoms with Gasteiger partial charge >= 0.3 is 5.97 Å². The number of rotatable bonds is 1. The molecule has 0 radical (unpaired) electrons. The van der Waals surface area contributed by atoms with Gasteiger partial charge in [0, 0.05) is 17.0 Å².